The van der Waals surface area contributed by atoms with Crippen LogP contribution in [0.4, 0.5) is 0 Å². The molecule has 0 spiro atoms. The highest BCUT2D eigenvalue weighted by molar-refractivity contribution is 5.94. The zero-order valence-corrected chi connectivity index (χ0v) is 17.1. The van der Waals surface area contributed by atoms with Crippen LogP contribution in [0.2, 0.25) is 0 Å². The molecule has 150 valence electrons. The SMILES string of the molecule is Cc1ccccc1-c1nnc(-c2ccc(C(=O)N3CCN(C(C)C)CC3)cc2)o1. The maximum atomic E-state index is 12.8. The lowest BCUT2D eigenvalue weighted by Crippen LogP contribution is -2.50. The zero-order valence-electron chi connectivity index (χ0n) is 17.1. The molecule has 1 aromatic heterocycles. The number of piperazine rings is 1. The molecule has 0 radical (unpaired) electrons. The molecule has 4 rings (SSSR count). The van der Waals surface area contributed by atoms with E-state index in [0.29, 0.717) is 23.4 Å². The Morgan fingerprint density at radius 1 is 0.931 bits per heavy atom. The van der Waals surface area contributed by atoms with Crippen LogP contribution in [0.3, 0.4) is 0 Å². The molecular formula is C23H26N4O2. The van der Waals surface area contributed by atoms with Crippen LogP contribution in [0.1, 0.15) is 29.8 Å². The summed E-state index contributed by atoms with van der Waals surface area (Å²) in [7, 11) is 0. The third-order valence-electron chi connectivity index (χ3n) is 5.51. The van der Waals surface area contributed by atoms with E-state index >= 15 is 0 Å². The van der Waals surface area contributed by atoms with Crippen molar-refractivity contribution in [1.29, 1.82) is 0 Å². The standard InChI is InChI=1S/C23H26N4O2/c1-16(2)26-12-14-27(15-13-26)23(28)19-10-8-18(9-11-19)21-24-25-22(29-21)20-7-5-4-6-17(20)3/h4-11,16H,12-15H2,1-3H3. The maximum Gasteiger partial charge on any atom is 0.253 e. The number of hydrogen-bond donors (Lipinski definition) is 0. The molecule has 6 nitrogen and oxygen atoms in total. The van der Waals surface area contributed by atoms with Crippen molar-refractivity contribution >= 4 is 5.91 Å². The van der Waals surface area contributed by atoms with Crippen molar-refractivity contribution in [3.8, 4) is 22.9 Å². The van der Waals surface area contributed by atoms with Crippen LogP contribution in [0.15, 0.2) is 52.9 Å². The second-order valence-electron chi connectivity index (χ2n) is 7.73. The van der Waals surface area contributed by atoms with E-state index in [1.807, 2.05) is 60.4 Å². The lowest BCUT2D eigenvalue weighted by Gasteiger charge is -2.37. The Kier molecular flexibility index (Phi) is 5.45. The molecule has 3 aromatic rings. The molecule has 1 aliphatic rings. The van der Waals surface area contributed by atoms with Gasteiger partial charge in [-0.15, -0.1) is 10.2 Å². The molecule has 0 saturated carbocycles. The van der Waals surface area contributed by atoms with Gasteiger partial charge in [-0.05, 0) is 56.7 Å². The Hall–Kier alpha value is -2.99. The summed E-state index contributed by atoms with van der Waals surface area (Å²) >= 11 is 0. The van der Waals surface area contributed by atoms with Crippen molar-refractivity contribution in [3.05, 3.63) is 59.7 Å². The van der Waals surface area contributed by atoms with Gasteiger partial charge in [-0.3, -0.25) is 9.69 Å². The highest BCUT2D eigenvalue weighted by atomic mass is 16.4. The lowest BCUT2D eigenvalue weighted by atomic mass is 10.1. The minimum Gasteiger partial charge on any atom is -0.416 e. The first-order valence-corrected chi connectivity index (χ1v) is 10.1. The molecule has 0 bridgehead atoms. The minimum atomic E-state index is 0.0751. The van der Waals surface area contributed by atoms with Gasteiger partial charge >= 0.3 is 0 Å². The third-order valence-corrected chi connectivity index (χ3v) is 5.51. The number of carbonyl (C=O) groups is 1. The smallest absolute Gasteiger partial charge is 0.253 e. The molecule has 6 heteroatoms. The van der Waals surface area contributed by atoms with Crippen LogP contribution in [0.25, 0.3) is 22.9 Å². The molecule has 1 fully saturated rings. The number of aryl methyl sites for hydroxylation is 1. The fourth-order valence-electron chi connectivity index (χ4n) is 3.64. The van der Waals surface area contributed by atoms with E-state index in [2.05, 4.69) is 28.9 Å². The third kappa shape index (κ3) is 4.07. The number of benzene rings is 2. The van der Waals surface area contributed by atoms with Crippen LogP contribution in [-0.2, 0) is 0 Å². The molecule has 2 heterocycles. The van der Waals surface area contributed by atoms with Gasteiger partial charge in [0.2, 0.25) is 11.8 Å². The summed E-state index contributed by atoms with van der Waals surface area (Å²) < 4.78 is 5.86. The Labute approximate surface area is 171 Å². The molecule has 0 atom stereocenters. The van der Waals surface area contributed by atoms with Gasteiger partial charge in [0.15, 0.2) is 0 Å². The molecule has 1 amide bonds. The number of nitrogens with zero attached hydrogens (tertiary/aromatic N) is 4. The average Bonchev–Trinajstić information content (AvgIpc) is 3.24. The van der Waals surface area contributed by atoms with Gasteiger partial charge in [0.25, 0.3) is 5.91 Å². The fraction of sp³-hybridized carbons (Fsp3) is 0.348. The van der Waals surface area contributed by atoms with Crippen molar-refractivity contribution in [2.24, 2.45) is 0 Å². The van der Waals surface area contributed by atoms with E-state index in [1.165, 1.54) is 0 Å². The van der Waals surface area contributed by atoms with E-state index in [-0.39, 0.29) is 5.91 Å². The molecule has 1 saturated heterocycles. The average molecular weight is 390 g/mol. The summed E-state index contributed by atoms with van der Waals surface area (Å²) in [5.74, 6) is 1.03. The van der Waals surface area contributed by atoms with Gasteiger partial charge < -0.3 is 9.32 Å². The van der Waals surface area contributed by atoms with Gasteiger partial charge in [-0.25, -0.2) is 0 Å². The van der Waals surface area contributed by atoms with Crippen molar-refractivity contribution in [1.82, 2.24) is 20.0 Å². The van der Waals surface area contributed by atoms with Gasteiger partial charge in [0.05, 0.1) is 0 Å². The molecule has 0 aliphatic carbocycles. The zero-order chi connectivity index (χ0) is 20.4. The van der Waals surface area contributed by atoms with E-state index in [0.717, 1.165) is 42.9 Å². The molecule has 0 N–H and O–H groups in total. The van der Waals surface area contributed by atoms with Crippen LogP contribution in [0.5, 0.6) is 0 Å². The van der Waals surface area contributed by atoms with E-state index < -0.39 is 0 Å². The summed E-state index contributed by atoms with van der Waals surface area (Å²) in [4.78, 5) is 17.1. The van der Waals surface area contributed by atoms with Crippen LogP contribution < -0.4 is 0 Å². The van der Waals surface area contributed by atoms with Gasteiger partial charge in [0, 0.05) is 48.9 Å². The monoisotopic (exact) mass is 390 g/mol. The topological polar surface area (TPSA) is 62.5 Å². The van der Waals surface area contributed by atoms with Crippen molar-refractivity contribution in [3.63, 3.8) is 0 Å². The molecule has 29 heavy (non-hydrogen) atoms. The van der Waals surface area contributed by atoms with Crippen LogP contribution >= 0.6 is 0 Å². The number of rotatable bonds is 4. The molecule has 0 unspecified atom stereocenters. The Morgan fingerprint density at radius 3 is 2.24 bits per heavy atom. The second-order valence-corrected chi connectivity index (χ2v) is 7.73. The Bertz CT molecular complexity index is 986. The summed E-state index contributed by atoms with van der Waals surface area (Å²) in [6.45, 7) is 9.78. The predicted molar refractivity (Wildman–Crippen MR) is 113 cm³/mol. The minimum absolute atomic E-state index is 0.0751. The van der Waals surface area contributed by atoms with E-state index in [4.69, 9.17) is 4.42 Å². The number of amides is 1. The van der Waals surface area contributed by atoms with Gasteiger partial charge in [-0.1, -0.05) is 18.2 Å². The maximum absolute atomic E-state index is 12.8. The predicted octanol–water partition coefficient (Wildman–Crippen LogP) is 3.88. The summed E-state index contributed by atoms with van der Waals surface area (Å²) in [5.41, 5.74) is 3.50. The summed E-state index contributed by atoms with van der Waals surface area (Å²) in [6.07, 6.45) is 0. The number of carbonyl (C=O) groups excluding carboxylic acids is 1. The highest BCUT2D eigenvalue weighted by Gasteiger charge is 2.23. The van der Waals surface area contributed by atoms with E-state index in [1.54, 1.807) is 0 Å². The normalized spacial score (nSPS) is 15.1. The lowest BCUT2D eigenvalue weighted by molar-refractivity contribution is 0.0595. The molecular weight excluding hydrogens is 364 g/mol. The van der Waals surface area contributed by atoms with Gasteiger partial charge in [0.1, 0.15) is 0 Å². The molecule has 1 aliphatic heterocycles. The first-order chi connectivity index (χ1) is 14.0. The van der Waals surface area contributed by atoms with Crippen LogP contribution in [-0.4, -0.2) is 58.1 Å². The first-order valence-electron chi connectivity index (χ1n) is 10.1. The Balaban J connectivity index is 1.46. The van der Waals surface area contributed by atoms with E-state index in [9.17, 15) is 4.79 Å². The van der Waals surface area contributed by atoms with Crippen LogP contribution in [0, 0.1) is 6.92 Å². The quantitative estimate of drug-likeness (QED) is 0.677. The fourth-order valence-corrected chi connectivity index (χ4v) is 3.64. The summed E-state index contributed by atoms with van der Waals surface area (Å²) in [5, 5.41) is 8.35. The van der Waals surface area contributed by atoms with Crippen molar-refractivity contribution < 1.29 is 9.21 Å². The van der Waals surface area contributed by atoms with Crippen molar-refractivity contribution in [2.75, 3.05) is 26.2 Å². The van der Waals surface area contributed by atoms with Crippen molar-refractivity contribution in [2.45, 2.75) is 26.8 Å². The second kappa shape index (κ2) is 8.17. The Morgan fingerprint density at radius 2 is 1.59 bits per heavy atom. The largest absolute Gasteiger partial charge is 0.416 e. The number of aromatic nitrogens is 2. The highest BCUT2D eigenvalue weighted by Crippen LogP contribution is 2.26. The molecule has 2 aromatic carbocycles. The first kappa shape index (κ1) is 19.3. The number of hydrogen-bond acceptors (Lipinski definition) is 5. The summed E-state index contributed by atoms with van der Waals surface area (Å²) in [6, 6.07) is 15.8. The van der Waals surface area contributed by atoms with Gasteiger partial charge in [-0.2, -0.15) is 0 Å².